The van der Waals surface area contributed by atoms with Gasteiger partial charge in [0, 0.05) is 18.5 Å². The number of pyridine rings is 2. The van der Waals surface area contributed by atoms with Gasteiger partial charge >= 0.3 is 0 Å². The zero-order valence-electron chi connectivity index (χ0n) is 13.5. The van der Waals surface area contributed by atoms with Gasteiger partial charge in [0.25, 0.3) is 5.82 Å². The third kappa shape index (κ3) is 2.92. The number of piperazine rings is 1. The highest BCUT2D eigenvalue weighted by Crippen LogP contribution is 2.09. The number of hydrogen-bond acceptors (Lipinski definition) is 2. The fourth-order valence-corrected chi connectivity index (χ4v) is 3.37. The molecular weight excluding hydrogens is 286 g/mol. The Morgan fingerprint density at radius 3 is 2.78 bits per heavy atom. The van der Waals surface area contributed by atoms with Crippen molar-refractivity contribution in [3.63, 3.8) is 0 Å². The van der Waals surface area contributed by atoms with Gasteiger partial charge in [0.2, 0.25) is 0 Å². The Bertz CT molecular complexity index is 788. The largest absolute Gasteiger partial charge is 0.323 e. The third-order valence-electron chi connectivity index (χ3n) is 4.66. The van der Waals surface area contributed by atoms with Crippen LogP contribution in [0.4, 0.5) is 5.82 Å². The van der Waals surface area contributed by atoms with Crippen molar-refractivity contribution in [2.75, 3.05) is 31.1 Å². The Morgan fingerprint density at radius 2 is 2.04 bits per heavy atom. The van der Waals surface area contributed by atoms with E-state index in [0.717, 1.165) is 38.4 Å². The van der Waals surface area contributed by atoms with Crippen LogP contribution in [0.25, 0.3) is 5.65 Å². The summed E-state index contributed by atoms with van der Waals surface area (Å²) in [5, 5.41) is 0. The van der Waals surface area contributed by atoms with Gasteiger partial charge in [-0.3, -0.25) is 4.90 Å². The standard InChI is InChI=1S/C18H21N5/c1-15-5-4-8-23-14-16(20-18(15)23)13-21-9-11-22(12-10-21)17-6-2-3-7-19-17/h2-8,14H,9-13H2,1H3/p+2. The Balaban J connectivity index is 1.41. The first kappa shape index (κ1) is 14.2. The van der Waals surface area contributed by atoms with E-state index in [0.29, 0.717) is 0 Å². The van der Waals surface area contributed by atoms with Gasteiger partial charge in [-0.25, -0.2) is 9.97 Å². The molecule has 5 heteroatoms. The minimum atomic E-state index is 1.01. The van der Waals surface area contributed by atoms with Crippen molar-refractivity contribution in [3.8, 4) is 0 Å². The first-order chi connectivity index (χ1) is 11.3. The van der Waals surface area contributed by atoms with Crippen molar-refractivity contribution in [2.24, 2.45) is 0 Å². The summed E-state index contributed by atoms with van der Waals surface area (Å²) in [4.78, 5) is 12.2. The molecule has 23 heavy (non-hydrogen) atoms. The average Bonchev–Trinajstić information content (AvgIpc) is 3.00. The SMILES string of the molecule is Cc1cccn2cc(C[NH+]3CCN(c4cccc[nH+]4)CC3)nc12. The first-order valence-corrected chi connectivity index (χ1v) is 8.28. The van der Waals surface area contributed by atoms with E-state index in [1.165, 1.54) is 17.1 Å². The summed E-state index contributed by atoms with van der Waals surface area (Å²) in [7, 11) is 0. The van der Waals surface area contributed by atoms with Gasteiger partial charge in [-0.1, -0.05) is 12.1 Å². The number of fused-ring (bicyclic) bond motifs is 1. The molecule has 0 amide bonds. The third-order valence-corrected chi connectivity index (χ3v) is 4.66. The number of aromatic amines is 1. The molecule has 0 aromatic carbocycles. The first-order valence-electron chi connectivity index (χ1n) is 8.28. The number of aromatic nitrogens is 3. The van der Waals surface area contributed by atoms with Crippen LogP contribution >= 0.6 is 0 Å². The molecule has 2 N–H and O–H groups in total. The summed E-state index contributed by atoms with van der Waals surface area (Å²) in [5.74, 6) is 1.22. The van der Waals surface area contributed by atoms with Crippen molar-refractivity contribution >= 4 is 11.5 Å². The maximum absolute atomic E-state index is 4.81. The van der Waals surface area contributed by atoms with Crippen molar-refractivity contribution in [1.82, 2.24) is 9.38 Å². The second-order valence-electron chi connectivity index (χ2n) is 6.32. The van der Waals surface area contributed by atoms with Gasteiger partial charge in [0.05, 0.1) is 6.20 Å². The molecule has 1 aliphatic heterocycles. The molecule has 3 aromatic rings. The molecule has 1 fully saturated rings. The number of rotatable bonds is 3. The van der Waals surface area contributed by atoms with Crippen LogP contribution in [0.2, 0.25) is 0 Å². The summed E-state index contributed by atoms with van der Waals surface area (Å²) in [5.41, 5.74) is 3.51. The Labute approximate surface area is 136 Å². The Morgan fingerprint density at radius 1 is 1.17 bits per heavy atom. The molecule has 0 unspecified atom stereocenters. The fraction of sp³-hybridized carbons (Fsp3) is 0.333. The maximum Gasteiger partial charge on any atom is 0.274 e. The molecule has 118 valence electrons. The van der Waals surface area contributed by atoms with Gasteiger partial charge in [-0.15, -0.1) is 0 Å². The summed E-state index contributed by atoms with van der Waals surface area (Å²) in [6, 6.07) is 10.5. The van der Waals surface area contributed by atoms with Crippen LogP contribution in [-0.4, -0.2) is 35.6 Å². The quantitative estimate of drug-likeness (QED) is 0.759. The predicted octanol–water partition coefficient (Wildman–Crippen LogP) is 0.362. The van der Waals surface area contributed by atoms with E-state index >= 15 is 0 Å². The molecular formula is C18H23N5+2. The Kier molecular flexibility index (Phi) is 3.71. The highest BCUT2D eigenvalue weighted by atomic mass is 15.3. The number of anilines is 1. The van der Waals surface area contributed by atoms with Crippen LogP contribution in [-0.2, 0) is 6.54 Å². The molecule has 4 heterocycles. The molecule has 1 aliphatic rings. The molecule has 0 atom stereocenters. The van der Waals surface area contributed by atoms with Gasteiger partial charge in [-0.05, 0) is 24.6 Å². The molecule has 0 saturated carbocycles. The van der Waals surface area contributed by atoms with Crippen molar-refractivity contribution in [2.45, 2.75) is 13.5 Å². The van der Waals surface area contributed by atoms with E-state index in [1.54, 1.807) is 4.90 Å². The van der Waals surface area contributed by atoms with Crippen molar-refractivity contribution in [1.29, 1.82) is 0 Å². The van der Waals surface area contributed by atoms with E-state index in [2.05, 4.69) is 57.9 Å². The van der Waals surface area contributed by atoms with E-state index in [9.17, 15) is 0 Å². The second-order valence-corrected chi connectivity index (χ2v) is 6.32. The highest BCUT2D eigenvalue weighted by molar-refractivity contribution is 5.47. The molecule has 5 nitrogen and oxygen atoms in total. The van der Waals surface area contributed by atoms with Gasteiger partial charge in [0.15, 0.2) is 0 Å². The van der Waals surface area contributed by atoms with Gasteiger partial charge < -0.3 is 9.30 Å². The predicted molar refractivity (Wildman–Crippen MR) is 89.5 cm³/mol. The smallest absolute Gasteiger partial charge is 0.274 e. The molecule has 0 bridgehead atoms. The number of nitrogens with one attached hydrogen (secondary N) is 2. The number of aryl methyl sites for hydroxylation is 1. The van der Waals surface area contributed by atoms with Crippen LogP contribution in [0, 0.1) is 6.92 Å². The molecule has 4 rings (SSSR count). The van der Waals surface area contributed by atoms with Crippen LogP contribution in [0.3, 0.4) is 0 Å². The van der Waals surface area contributed by atoms with Crippen LogP contribution < -0.4 is 14.8 Å². The lowest BCUT2D eigenvalue weighted by atomic mass is 10.3. The van der Waals surface area contributed by atoms with Crippen LogP contribution in [0.1, 0.15) is 11.3 Å². The Hall–Kier alpha value is -2.40. The minimum absolute atomic E-state index is 1.01. The van der Waals surface area contributed by atoms with Crippen LogP contribution in [0.5, 0.6) is 0 Å². The highest BCUT2D eigenvalue weighted by Gasteiger charge is 2.26. The number of quaternary nitrogens is 1. The van der Waals surface area contributed by atoms with E-state index in [1.807, 2.05) is 12.3 Å². The molecule has 0 spiro atoms. The van der Waals surface area contributed by atoms with E-state index in [-0.39, 0.29) is 0 Å². The van der Waals surface area contributed by atoms with Crippen LogP contribution in [0.15, 0.2) is 48.9 Å². The molecule has 1 saturated heterocycles. The summed E-state index contributed by atoms with van der Waals surface area (Å²) < 4.78 is 2.14. The van der Waals surface area contributed by atoms with Gasteiger partial charge in [-0.2, -0.15) is 0 Å². The molecule has 0 aliphatic carbocycles. The number of H-pyrrole nitrogens is 1. The second kappa shape index (κ2) is 6.01. The fourth-order valence-electron chi connectivity index (χ4n) is 3.37. The lowest BCUT2D eigenvalue weighted by molar-refractivity contribution is -0.914. The maximum atomic E-state index is 4.81. The molecule has 3 aromatic heterocycles. The lowest BCUT2D eigenvalue weighted by Crippen LogP contribution is -3.13. The minimum Gasteiger partial charge on any atom is -0.323 e. The normalized spacial score (nSPS) is 16.1. The van der Waals surface area contributed by atoms with Crippen molar-refractivity contribution < 1.29 is 9.88 Å². The number of hydrogen-bond donors (Lipinski definition) is 1. The number of nitrogens with zero attached hydrogens (tertiary/aromatic N) is 3. The van der Waals surface area contributed by atoms with E-state index < -0.39 is 0 Å². The lowest BCUT2D eigenvalue weighted by Gasteiger charge is -2.27. The monoisotopic (exact) mass is 309 g/mol. The summed E-state index contributed by atoms with van der Waals surface area (Å²) >= 11 is 0. The average molecular weight is 309 g/mol. The zero-order chi connectivity index (χ0) is 15.6. The summed E-state index contributed by atoms with van der Waals surface area (Å²) in [6.45, 7) is 7.59. The van der Waals surface area contributed by atoms with E-state index in [4.69, 9.17) is 4.98 Å². The topological polar surface area (TPSA) is 39.1 Å². The summed E-state index contributed by atoms with van der Waals surface area (Å²) in [6.07, 6.45) is 6.25. The number of imidazole rings is 1. The van der Waals surface area contributed by atoms with Crippen molar-refractivity contribution in [3.05, 3.63) is 60.2 Å². The zero-order valence-corrected chi connectivity index (χ0v) is 13.5. The van der Waals surface area contributed by atoms with Gasteiger partial charge in [0.1, 0.15) is 44.1 Å². The molecule has 0 radical (unpaired) electrons.